The molecule has 0 aromatic heterocycles. The van der Waals surface area contributed by atoms with Gasteiger partial charge < -0.3 is 9.64 Å². The summed E-state index contributed by atoms with van der Waals surface area (Å²) in [6.45, 7) is 1.80. The van der Waals surface area contributed by atoms with E-state index in [0.717, 1.165) is 6.42 Å². The largest absolute Gasteiger partial charge is 0.368 e. The number of amides is 1. The molecule has 2 aliphatic rings. The lowest BCUT2D eigenvalue weighted by Gasteiger charge is -2.36. The summed E-state index contributed by atoms with van der Waals surface area (Å²) in [6.07, 6.45) is 1.77. The maximum absolute atomic E-state index is 12.3. The van der Waals surface area contributed by atoms with Crippen molar-refractivity contribution in [2.75, 3.05) is 19.7 Å². The standard InChI is InChI=1S/C15H20N2O4S/c18-15(14-8-11-21-14)17-9-6-12(7-10-17)16-22(19,20)13-4-2-1-3-5-13/h1-5,12,14,16H,6-11H2/t14-/m1/s1. The minimum atomic E-state index is -3.49. The lowest BCUT2D eigenvalue weighted by Crippen LogP contribution is -2.51. The quantitative estimate of drug-likeness (QED) is 0.886. The number of hydrogen-bond donors (Lipinski definition) is 1. The van der Waals surface area contributed by atoms with Crippen molar-refractivity contribution in [2.45, 2.75) is 36.3 Å². The Balaban J connectivity index is 1.54. The molecular weight excluding hydrogens is 304 g/mol. The number of nitrogens with one attached hydrogen (secondary N) is 1. The first kappa shape index (κ1) is 15.5. The highest BCUT2D eigenvalue weighted by molar-refractivity contribution is 7.89. The molecule has 1 atom stereocenters. The van der Waals surface area contributed by atoms with Crippen molar-refractivity contribution in [1.82, 2.24) is 9.62 Å². The van der Waals surface area contributed by atoms with Crippen LogP contribution in [-0.2, 0) is 19.6 Å². The maximum Gasteiger partial charge on any atom is 0.251 e. The van der Waals surface area contributed by atoms with Crippen LogP contribution in [0.5, 0.6) is 0 Å². The Labute approximate surface area is 130 Å². The second-order valence-electron chi connectivity index (χ2n) is 5.68. The van der Waals surface area contributed by atoms with Crippen LogP contribution in [-0.4, -0.2) is 51.1 Å². The molecule has 2 fully saturated rings. The molecule has 1 aromatic carbocycles. The SMILES string of the molecule is O=C([C@H]1CCO1)N1CCC(NS(=O)(=O)c2ccccc2)CC1. The van der Waals surface area contributed by atoms with Gasteiger partial charge in [-0.15, -0.1) is 0 Å². The number of nitrogens with zero attached hydrogens (tertiary/aromatic N) is 1. The first-order chi connectivity index (χ1) is 10.6. The van der Waals surface area contributed by atoms with E-state index in [1.165, 1.54) is 0 Å². The first-order valence-electron chi connectivity index (χ1n) is 7.54. The summed E-state index contributed by atoms with van der Waals surface area (Å²) in [4.78, 5) is 14.1. The first-order valence-corrected chi connectivity index (χ1v) is 9.02. The second kappa shape index (κ2) is 6.36. The zero-order valence-electron chi connectivity index (χ0n) is 12.3. The number of piperidine rings is 1. The van der Waals surface area contributed by atoms with E-state index in [1.807, 2.05) is 0 Å². The third-order valence-electron chi connectivity index (χ3n) is 4.16. The van der Waals surface area contributed by atoms with E-state index in [1.54, 1.807) is 35.2 Å². The molecule has 2 heterocycles. The summed E-state index contributed by atoms with van der Waals surface area (Å²) in [5.41, 5.74) is 0. The van der Waals surface area contributed by atoms with Crippen LogP contribution in [0.4, 0.5) is 0 Å². The van der Waals surface area contributed by atoms with Crippen LogP contribution in [0.3, 0.4) is 0 Å². The molecule has 120 valence electrons. The average Bonchev–Trinajstić information content (AvgIpc) is 2.47. The normalized spacial score (nSPS) is 23.1. The number of carbonyl (C=O) groups is 1. The van der Waals surface area contributed by atoms with Crippen molar-refractivity contribution >= 4 is 15.9 Å². The molecule has 22 heavy (non-hydrogen) atoms. The fourth-order valence-corrected chi connectivity index (χ4v) is 4.06. The zero-order chi connectivity index (χ0) is 15.6. The van der Waals surface area contributed by atoms with E-state index in [9.17, 15) is 13.2 Å². The number of likely N-dealkylation sites (tertiary alicyclic amines) is 1. The van der Waals surface area contributed by atoms with Gasteiger partial charge in [0, 0.05) is 25.6 Å². The predicted octanol–water partition coefficient (Wildman–Crippen LogP) is 0.745. The second-order valence-corrected chi connectivity index (χ2v) is 7.40. The van der Waals surface area contributed by atoms with Crippen molar-refractivity contribution in [2.24, 2.45) is 0 Å². The van der Waals surface area contributed by atoms with Gasteiger partial charge in [0.1, 0.15) is 6.10 Å². The Morgan fingerprint density at radius 1 is 1.14 bits per heavy atom. The molecule has 0 radical (unpaired) electrons. The molecule has 0 spiro atoms. The molecule has 0 bridgehead atoms. The summed E-state index contributed by atoms with van der Waals surface area (Å²) >= 11 is 0. The van der Waals surface area contributed by atoms with Crippen molar-refractivity contribution in [3.63, 3.8) is 0 Å². The summed E-state index contributed by atoms with van der Waals surface area (Å²) < 4.78 is 32.5. The van der Waals surface area contributed by atoms with Crippen LogP contribution in [0.1, 0.15) is 19.3 Å². The van der Waals surface area contributed by atoms with E-state index in [4.69, 9.17) is 4.74 Å². The maximum atomic E-state index is 12.3. The highest BCUT2D eigenvalue weighted by atomic mass is 32.2. The molecular formula is C15H20N2O4S. The fraction of sp³-hybridized carbons (Fsp3) is 0.533. The van der Waals surface area contributed by atoms with E-state index in [2.05, 4.69) is 4.72 Å². The van der Waals surface area contributed by atoms with Crippen molar-refractivity contribution in [3.05, 3.63) is 30.3 Å². The van der Waals surface area contributed by atoms with Gasteiger partial charge in [-0.2, -0.15) is 0 Å². The molecule has 0 saturated carbocycles. The molecule has 2 aliphatic heterocycles. The molecule has 1 amide bonds. The van der Waals surface area contributed by atoms with Crippen LogP contribution in [0.15, 0.2) is 35.2 Å². The van der Waals surface area contributed by atoms with Gasteiger partial charge in [0.25, 0.3) is 5.91 Å². The molecule has 1 N–H and O–H groups in total. The Kier molecular flexibility index (Phi) is 4.46. The van der Waals surface area contributed by atoms with E-state index in [0.29, 0.717) is 32.5 Å². The Morgan fingerprint density at radius 2 is 1.77 bits per heavy atom. The van der Waals surface area contributed by atoms with E-state index >= 15 is 0 Å². The predicted molar refractivity (Wildman–Crippen MR) is 80.7 cm³/mol. The van der Waals surface area contributed by atoms with Crippen LogP contribution in [0.25, 0.3) is 0 Å². The lowest BCUT2D eigenvalue weighted by atomic mass is 10.0. The van der Waals surface area contributed by atoms with Gasteiger partial charge in [-0.05, 0) is 25.0 Å². The van der Waals surface area contributed by atoms with Gasteiger partial charge in [0.05, 0.1) is 11.5 Å². The number of benzene rings is 1. The topological polar surface area (TPSA) is 75.7 Å². The number of hydrogen-bond acceptors (Lipinski definition) is 4. The summed E-state index contributed by atoms with van der Waals surface area (Å²) in [5, 5.41) is 0. The number of sulfonamides is 1. The Bertz CT molecular complexity index is 620. The van der Waals surface area contributed by atoms with Crippen molar-refractivity contribution in [3.8, 4) is 0 Å². The van der Waals surface area contributed by atoms with Gasteiger partial charge in [0.2, 0.25) is 10.0 Å². The molecule has 3 rings (SSSR count). The third kappa shape index (κ3) is 3.31. The number of rotatable bonds is 4. The van der Waals surface area contributed by atoms with Crippen molar-refractivity contribution in [1.29, 1.82) is 0 Å². The molecule has 0 aliphatic carbocycles. The van der Waals surface area contributed by atoms with Gasteiger partial charge in [-0.25, -0.2) is 13.1 Å². The van der Waals surface area contributed by atoms with Crippen LogP contribution >= 0.6 is 0 Å². The van der Waals surface area contributed by atoms with Gasteiger partial charge >= 0.3 is 0 Å². The van der Waals surface area contributed by atoms with Crippen LogP contribution < -0.4 is 4.72 Å². The summed E-state index contributed by atoms with van der Waals surface area (Å²) in [6, 6.07) is 8.22. The summed E-state index contributed by atoms with van der Waals surface area (Å²) in [7, 11) is -3.49. The third-order valence-corrected chi connectivity index (χ3v) is 5.69. The molecule has 1 aromatic rings. The van der Waals surface area contributed by atoms with Crippen LogP contribution in [0, 0.1) is 0 Å². The van der Waals surface area contributed by atoms with Gasteiger partial charge in [-0.1, -0.05) is 18.2 Å². The van der Waals surface area contributed by atoms with Crippen LogP contribution in [0.2, 0.25) is 0 Å². The summed E-state index contributed by atoms with van der Waals surface area (Å²) in [5.74, 6) is 0.0376. The smallest absolute Gasteiger partial charge is 0.251 e. The lowest BCUT2D eigenvalue weighted by molar-refractivity contribution is -0.157. The highest BCUT2D eigenvalue weighted by Crippen LogP contribution is 2.19. The van der Waals surface area contributed by atoms with Gasteiger partial charge in [-0.3, -0.25) is 4.79 Å². The number of carbonyl (C=O) groups excluding carboxylic acids is 1. The minimum Gasteiger partial charge on any atom is -0.368 e. The number of ether oxygens (including phenoxy) is 1. The Hall–Kier alpha value is -1.44. The Morgan fingerprint density at radius 3 is 2.32 bits per heavy atom. The molecule has 2 saturated heterocycles. The van der Waals surface area contributed by atoms with E-state index < -0.39 is 10.0 Å². The molecule has 6 nitrogen and oxygen atoms in total. The minimum absolute atomic E-state index is 0.0376. The average molecular weight is 324 g/mol. The molecule has 7 heteroatoms. The van der Waals surface area contributed by atoms with Gasteiger partial charge in [0.15, 0.2) is 0 Å². The highest BCUT2D eigenvalue weighted by Gasteiger charge is 2.33. The van der Waals surface area contributed by atoms with E-state index in [-0.39, 0.29) is 22.9 Å². The van der Waals surface area contributed by atoms with Crippen molar-refractivity contribution < 1.29 is 17.9 Å². The monoisotopic (exact) mass is 324 g/mol. The fourth-order valence-electron chi connectivity index (χ4n) is 2.74. The zero-order valence-corrected chi connectivity index (χ0v) is 13.1. The molecule has 0 unspecified atom stereocenters.